The average molecular weight is 426 g/mol. The molecule has 10 heteroatoms. The molecular formula is C21H26N6O4. The molecule has 4 rings (SSSR count). The number of benzene rings is 1. The third-order valence-corrected chi connectivity index (χ3v) is 5.90. The Kier molecular flexibility index (Phi) is 5.88. The monoisotopic (exact) mass is 426 g/mol. The van der Waals surface area contributed by atoms with Crippen molar-refractivity contribution in [3.63, 3.8) is 0 Å². The van der Waals surface area contributed by atoms with Crippen LogP contribution >= 0.6 is 0 Å². The second-order valence-electron chi connectivity index (χ2n) is 8.08. The fraction of sp³-hybridized carbons (Fsp3) is 0.476. The van der Waals surface area contributed by atoms with Gasteiger partial charge in [-0.1, -0.05) is 0 Å². The number of hydrogen-bond donors (Lipinski definition) is 1. The van der Waals surface area contributed by atoms with Crippen LogP contribution in [0.5, 0.6) is 0 Å². The molecule has 3 amide bonds. The van der Waals surface area contributed by atoms with Gasteiger partial charge in [0.05, 0.1) is 16.3 Å². The van der Waals surface area contributed by atoms with E-state index in [1.807, 2.05) is 16.7 Å². The maximum absolute atomic E-state index is 12.9. The normalized spacial score (nSPS) is 17.1. The number of carbonyl (C=O) groups excluding carboxylic acids is 2. The van der Waals surface area contributed by atoms with E-state index >= 15 is 0 Å². The standard InChI is InChI=1S/C21H26N6O4/c1-15-14-19(26(23-15)17-4-6-18(7-5-17)27(30)31)22-20(28)16-8-12-25(13-9-16)21(29)24-10-2-3-11-24/h4-7,14,16H,2-3,8-13H2,1H3,(H,22,28). The third kappa shape index (κ3) is 4.52. The number of piperidine rings is 1. The van der Waals surface area contributed by atoms with E-state index in [0.717, 1.165) is 31.6 Å². The number of amides is 3. The molecule has 1 aromatic carbocycles. The predicted octanol–water partition coefficient (Wildman–Crippen LogP) is 2.96. The van der Waals surface area contributed by atoms with Crippen LogP contribution in [0.3, 0.4) is 0 Å². The minimum atomic E-state index is -0.457. The maximum atomic E-state index is 12.9. The number of nitro benzene ring substituents is 1. The second kappa shape index (κ2) is 8.75. The lowest BCUT2D eigenvalue weighted by atomic mass is 9.96. The van der Waals surface area contributed by atoms with Crippen molar-refractivity contribution in [2.24, 2.45) is 5.92 Å². The van der Waals surface area contributed by atoms with Gasteiger partial charge in [0.15, 0.2) is 0 Å². The van der Waals surface area contributed by atoms with Crippen molar-refractivity contribution in [1.29, 1.82) is 0 Å². The van der Waals surface area contributed by atoms with E-state index in [0.29, 0.717) is 37.4 Å². The number of rotatable bonds is 4. The maximum Gasteiger partial charge on any atom is 0.319 e. The molecule has 0 radical (unpaired) electrons. The van der Waals surface area contributed by atoms with E-state index in [2.05, 4.69) is 10.4 Å². The summed E-state index contributed by atoms with van der Waals surface area (Å²) in [5, 5.41) is 18.2. The lowest BCUT2D eigenvalue weighted by molar-refractivity contribution is -0.384. The van der Waals surface area contributed by atoms with Gasteiger partial charge >= 0.3 is 6.03 Å². The first-order chi connectivity index (χ1) is 14.9. The summed E-state index contributed by atoms with van der Waals surface area (Å²) >= 11 is 0. The first-order valence-corrected chi connectivity index (χ1v) is 10.6. The quantitative estimate of drug-likeness (QED) is 0.596. The fourth-order valence-corrected chi connectivity index (χ4v) is 4.17. The smallest absolute Gasteiger partial charge is 0.319 e. The summed E-state index contributed by atoms with van der Waals surface area (Å²) in [4.78, 5) is 39.6. The highest BCUT2D eigenvalue weighted by molar-refractivity contribution is 5.92. The van der Waals surface area contributed by atoms with Gasteiger partial charge in [0.1, 0.15) is 5.82 Å². The predicted molar refractivity (Wildman–Crippen MR) is 114 cm³/mol. The van der Waals surface area contributed by atoms with Gasteiger partial charge in [-0.3, -0.25) is 14.9 Å². The van der Waals surface area contributed by atoms with Gasteiger partial charge in [-0.2, -0.15) is 5.10 Å². The minimum absolute atomic E-state index is 0.00606. The number of carbonyl (C=O) groups is 2. The molecule has 1 N–H and O–H groups in total. The van der Waals surface area contributed by atoms with Crippen molar-refractivity contribution in [3.8, 4) is 5.69 Å². The Bertz CT molecular complexity index is 972. The Morgan fingerprint density at radius 2 is 1.68 bits per heavy atom. The molecule has 31 heavy (non-hydrogen) atoms. The summed E-state index contributed by atoms with van der Waals surface area (Å²) in [6, 6.07) is 7.87. The summed E-state index contributed by atoms with van der Waals surface area (Å²) in [6.45, 7) is 4.62. The molecule has 0 atom stereocenters. The SMILES string of the molecule is Cc1cc(NC(=O)C2CCN(C(=O)N3CCCC3)CC2)n(-c2ccc([N+](=O)[O-])cc2)n1. The second-order valence-corrected chi connectivity index (χ2v) is 8.08. The summed E-state index contributed by atoms with van der Waals surface area (Å²) in [5.74, 6) is 0.242. The molecule has 1 aromatic heterocycles. The van der Waals surface area contributed by atoms with Crippen LogP contribution in [0.15, 0.2) is 30.3 Å². The molecule has 0 bridgehead atoms. The molecule has 2 aliphatic heterocycles. The molecule has 2 saturated heterocycles. The number of likely N-dealkylation sites (tertiary alicyclic amines) is 2. The highest BCUT2D eigenvalue weighted by Crippen LogP contribution is 2.24. The summed E-state index contributed by atoms with van der Waals surface area (Å²) < 4.78 is 1.57. The number of hydrogen-bond acceptors (Lipinski definition) is 5. The van der Waals surface area contributed by atoms with Gasteiger partial charge in [-0.25, -0.2) is 9.48 Å². The lowest BCUT2D eigenvalue weighted by Crippen LogP contribution is -2.47. The Morgan fingerprint density at radius 1 is 1.06 bits per heavy atom. The van der Waals surface area contributed by atoms with Gasteiger partial charge in [0.2, 0.25) is 5.91 Å². The van der Waals surface area contributed by atoms with Gasteiger partial charge in [0.25, 0.3) is 5.69 Å². The lowest BCUT2D eigenvalue weighted by Gasteiger charge is -2.34. The first-order valence-electron chi connectivity index (χ1n) is 10.6. The largest absolute Gasteiger partial charge is 0.325 e. The summed E-state index contributed by atoms with van der Waals surface area (Å²) in [7, 11) is 0. The molecule has 0 spiro atoms. The molecule has 2 fully saturated rings. The summed E-state index contributed by atoms with van der Waals surface area (Å²) in [5.41, 5.74) is 1.34. The van der Waals surface area contributed by atoms with Gasteiger partial charge in [-0.15, -0.1) is 0 Å². The Hall–Kier alpha value is -3.43. The molecule has 10 nitrogen and oxygen atoms in total. The molecular weight excluding hydrogens is 400 g/mol. The molecule has 3 heterocycles. The molecule has 0 unspecified atom stereocenters. The van der Waals surface area contributed by atoms with Gasteiger partial charge in [0, 0.05) is 50.3 Å². The zero-order valence-corrected chi connectivity index (χ0v) is 17.5. The molecule has 0 saturated carbocycles. The van der Waals surface area contributed by atoms with Crippen LogP contribution in [0, 0.1) is 23.0 Å². The van der Waals surface area contributed by atoms with E-state index in [9.17, 15) is 19.7 Å². The first kappa shape index (κ1) is 20.8. The number of aromatic nitrogens is 2. The van der Waals surface area contributed by atoms with Crippen LogP contribution in [0.25, 0.3) is 5.69 Å². The minimum Gasteiger partial charge on any atom is -0.325 e. The molecule has 0 aliphatic carbocycles. The van der Waals surface area contributed by atoms with Gasteiger partial charge in [-0.05, 0) is 44.7 Å². The number of nitrogens with one attached hydrogen (secondary N) is 1. The van der Waals surface area contributed by atoms with Crippen molar-refractivity contribution in [1.82, 2.24) is 19.6 Å². The number of anilines is 1. The number of nitrogens with zero attached hydrogens (tertiary/aromatic N) is 5. The van der Waals surface area contributed by atoms with Crippen molar-refractivity contribution in [2.45, 2.75) is 32.6 Å². The zero-order chi connectivity index (χ0) is 22.0. The van der Waals surface area contributed by atoms with Crippen LogP contribution in [0.4, 0.5) is 16.3 Å². The molecule has 2 aromatic rings. The van der Waals surface area contributed by atoms with Crippen molar-refractivity contribution in [2.75, 3.05) is 31.5 Å². The van der Waals surface area contributed by atoms with E-state index in [1.165, 1.54) is 12.1 Å². The van der Waals surface area contributed by atoms with Crippen LogP contribution in [0.1, 0.15) is 31.4 Å². The molecule has 2 aliphatic rings. The van der Waals surface area contributed by atoms with E-state index < -0.39 is 4.92 Å². The van der Waals surface area contributed by atoms with E-state index in [4.69, 9.17) is 0 Å². The highest BCUT2D eigenvalue weighted by atomic mass is 16.6. The van der Waals surface area contributed by atoms with Crippen molar-refractivity contribution >= 4 is 23.4 Å². The number of urea groups is 1. The van der Waals surface area contributed by atoms with Crippen LogP contribution in [-0.4, -0.2) is 62.6 Å². The van der Waals surface area contributed by atoms with Gasteiger partial charge < -0.3 is 15.1 Å². The zero-order valence-electron chi connectivity index (χ0n) is 17.5. The number of aryl methyl sites for hydroxylation is 1. The number of nitro groups is 1. The van der Waals surface area contributed by atoms with Crippen molar-refractivity contribution in [3.05, 3.63) is 46.1 Å². The van der Waals surface area contributed by atoms with E-state index in [1.54, 1.807) is 22.9 Å². The Labute approximate surface area is 180 Å². The number of non-ortho nitro benzene ring substituents is 1. The Morgan fingerprint density at radius 3 is 2.29 bits per heavy atom. The van der Waals surface area contributed by atoms with Crippen molar-refractivity contribution < 1.29 is 14.5 Å². The third-order valence-electron chi connectivity index (χ3n) is 5.90. The average Bonchev–Trinajstić information content (AvgIpc) is 3.43. The Balaban J connectivity index is 1.39. The van der Waals surface area contributed by atoms with E-state index in [-0.39, 0.29) is 23.5 Å². The van der Waals surface area contributed by atoms with Crippen LogP contribution < -0.4 is 5.32 Å². The topological polar surface area (TPSA) is 114 Å². The molecule has 164 valence electrons. The highest BCUT2D eigenvalue weighted by Gasteiger charge is 2.31. The van der Waals surface area contributed by atoms with Crippen LogP contribution in [0.2, 0.25) is 0 Å². The van der Waals surface area contributed by atoms with Crippen LogP contribution in [-0.2, 0) is 4.79 Å². The summed E-state index contributed by atoms with van der Waals surface area (Å²) in [6.07, 6.45) is 3.37. The fourth-order valence-electron chi connectivity index (χ4n) is 4.17.